The fourth-order valence-corrected chi connectivity index (χ4v) is 1.73. The number of hydrogen-bond donors (Lipinski definition) is 2. The Bertz CT molecular complexity index is 249. The molecule has 1 fully saturated rings. The summed E-state index contributed by atoms with van der Waals surface area (Å²) in [6.07, 6.45) is -2.58. The van der Waals surface area contributed by atoms with Crippen LogP contribution in [0, 0.1) is 11.8 Å². The number of likely N-dealkylation sites (tertiary alicyclic amines) is 1. The molecule has 0 amide bonds. The Morgan fingerprint density at radius 3 is 1.87 bits per heavy atom. The van der Waals surface area contributed by atoms with Gasteiger partial charge >= 0.3 is 11.9 Å². The molecule has 0 spiro atoms. The maximum atomic E-state index is 12.0. The van der Waals surface area contributed by atoms with Crippen LogP contribution < -0.4 is 0 Å². The predicted octanol–water partition coefficient (Wildman–Crippen LogP) is -0.0313. The molecular weight excluding hydrogens is 212 g/mol. The van der Waals surface area contributed by atoms with Crippen molar-refractivity contribution < 1.29 is 28.6 Å². The molecule has 7 heteroatoms. The van der Waals surface area contributed by atoms with Crippen molar-refractivity contribution in [1.82, 2.24) is 4.90 Å². The molecule has 0 bridgehead atoms. The van der Waals surface area contributed by atoms with E-state index in [-0.39, 0.29) is 13.1 Å². The van der Waals surface area contributed by atoms with Gasteiger partial charge < -0.3 is 10.2 Å². The van der Waals surface area contributed by atoms with Crippen molar-refractivity contribution >= 4 is 11.9 Å². The molecule has 0 aliphatic carbocycles. The van der Waals surface area contributed by atoms with Gasteiger partial charge in [-0.05, 0) is 0 Å². The summed E-state index contributed by atoms with van der Waals surface area (Å²) in [6, 6.07) is 0. The number of alkyl halides is 2. The first-order chi connectivity index (χ1) is 6.91. The zero-order valence-corrected chi connectivity index (χ0v) is 7.77. The highest BCUT2D eigenvalue weighted by molar-refractivity contribution is 5.81. The van der Waals surface area contributed by atoms with Gasteiger partial charge in [0.2, 0.25) is 0 Å². The van der Waals surface area contributed by atoms with Gasteiger partial charge in [0.1, 0.15) is 0 Å². The van der Waals surface area contributed by atoms with Crippen LogP contribution in [0.25, 0.3) is 0 Å². The van der Waals surface area contributed by atoms with E-state index in [4.69, 9.17) is 10.2 Å². The van der Waals surface area contributed by atoms with E-state index in [1.54, 1.807) is 0 Å². The lowest BCUT2D eigenvalue weighted by atomic mass is 9.97. The van der Waals surface area contributed by atoms with Gasteiger partial charge in [-0.3, -0.25) is 14.5 Å². The summed E-state index contributed by atoms with van der Waals surface area (Å²) in [4.78, 5) is 22.5. The van der Waals surface area contributed by atoms with Crippen molar-refractivity contribution in [3.05, 3.63) is 0 Å². The third-order valence-corrected chi connectivity index (χ3v) is 2.43. The van der Waals surface area contributed by atoms with Crippen LogP contribution in [0.15, 0.2) is 0 Å². The number of hydrogen-bond acceptors (Lipinski definition) is 3. The van der Waals surface area contributed by atoms with E-state index in [9.17, 15) is 18.4 Å². The molecule has 1 heterocycles. The van der Waals surface area contributed by atoms with Crippen LogP contribution in [0.5, 0.6) is 0 Å². The van der Waals surface area contributed by atoms with Crippen LogP contribution >= 0.6 is 0 Å². The second kappa shape index (κ2) is 4.52. The molecule has 0 aromatic heterocycles. The average Bonchev–Trinajstić information content (AvgIpc) is 2.46. The van der Waals surface area contributed by atoms with Gasteiger partial charge in [-0.15, -0.1) is 0 Å². The summed E-state index contributed by atoms with van der Waals surface area (Å²) in [5, 5.41) is 17.4. The summed E-state index contributed by atoms with van der Waals surface area (Å²) in [5.41, 5.74) is 0. The van der Waals surface area contributed by atoms with Crippen molar-refractivity contribution in [1.29, 1.82) is 0 Å². The van der Waals surface area contributed by atoms with Crippen molar-refractivity contribution in [2.24, 2.45) is 11.8 Å². The molecule has 1 aliphatic heterocycles. The lowest BCUT2D eigenvalue weighted by Gasteiger charge is -2.13. The number of carbonyl (C=O) groups is 2. The fraction of sp³-hybridized carbons (Fsp3) is 0.750. The molecule has 1 saturated heterocycles. The number of carboxylic acids is 2. The quantitative estimate of drug-likeness (QED) is 0.699. The number of carboxylic acid groups (broad SMARTS) is 2. The largest absolute Gasteiger partial charge is 0.481 e. The van der Waals surface area contributed by atoms with Gasteiger partial charge in [-0.1, -0.05) is 0 Å². The zero-order chi connectivity index (χ0) is 11.6. The molecule has 1 aliphatic rings. The molecule has 0 aromatic carbocycles. The molecule has 2 atom stereocenters. The van der Waals surface area contributed by atoms with E-state index in [0.717, 1.165) is 0 Å². The minimum Gasteiger partial charge on any atom is -0.481 e. The number of halogens is 2. The van der Waals surface area contributed by atoms with Crippen LogP contribution in [0.4, 0.5) is 8.78 Å². The number of nitrogens with zero attached hydrogens (tertiary/aromatic N) is 1. The van der Waals surface area contributed by atoms with E-state index in [1.807, 2.05) is 0 Å². The van der Waals surface area contributed by atoms with Gasteiger partial charge in [0, 0.05) is 13.1 Å². The van der Waals surface area contributed by atoms with Gasteiger partial charge in [0.15, 0.2) is 0 Å². The predicted molar refractivity (Wildman–Crippen MR) is 44.7 cm³/mol. The molecule has 1 rings (SSSR count). The van der Waals surface area contributed by atoms with E-state index in [1.165, 1.54) is 4.90 Å². The van der Waals surface area contributed by atoms with Crippen molar-refractivity contribution in [2.45, 2.75) is 6.43 Å². The monoisotopic (exact) mass is 223 g/mol. The lowest BCUT2D eigenvalue weighted by Crippen LogP contribution is -2.28. The Morgan fingerprint density at radius 1 is 1.20 bits per heavy atom. The summed E-state index contributed by atoms with van der Waals surface area (Å²) in [6.45, 7) is -0.832. The standard InChI is InChI=1S/C8H11F2NO4/c9-6(10)3-11-1-4(7(12)13)5(2-11)8(14)15/h4-6H,1-3H2,(H,12,13)(H,14,15). The normalized spacial score (nSPS) is 27.1. The topological polar surface area (TPSA) is 77.8 Å². The van der Waals surface area contributed by atoms with Crippen LogP contribution in [-0.4, -0.2) is 53.1 Å². The van der Waals surface area contributed by atoms with E-state index in [2.05, 4.69) is 0 Å². The summed E-state index contributed by atoms with van der Waals surface area (Å²) in [7, 11) is 0. The van der Waals surface area contributed by atoms with Gasteiger partial charge in [-0.2, -0.15) is 0 Å². The third-order valence-electron chi connectivity index (χ3n) is 2.43. The van der Waals surface area contributed by atoms with Gasteiger partial charge in [-0.25, -0.2) is 8.78 Å². The molecule has 5 nitrogen and oxygen atoms in total. The van der Waals surface area contributed by atoms with E-state index in [0.29, 0.717) is 0 Å². The lowest BCUT2D eigenvalue weighted by molar-refractivity contribution is -0.151. The van der Waals surface area contributed by atoms with Gasteiger partial charge in [0.05, 0.1) is 18.4 Å². The molecule has 0 saturated carbocycles. The Morgan fingerprint density at radius 2 is 1.60 bits per heavy atom. The Balaban J connectivity index is 2.65. The highest BCUT2D eigenvalue weighted by Gasteiger charge is 2.42. The molecule has 2 N–H and O–H groups in total. The second-order valence-electron chi connectivity index (χ2n) is 3.50. The first kappa shape index (κ1) is 11.8. The van der Waals surface area contributed by atoms with Crippen molar-refractivity contribution in [3.63, 3.8) is 0 Å². The molecule has 2 unspecified atom stereocenters. The Hall–Kier alpha value is -1.24. The van der Waals surface area contributed by atoms with Crippen LogP contribution in [0.3, 0.4) is 0 Å². The maximum absolute atomic E-state index is 12.0. The molecule has 15 heavy (non-hydrogen) atoms. The van der Waals surface area contributed by atoms with Crippen molar-refractivity contribution in [2.75, 3.05) is 19.6 Å². The summed E-state index contributed by atoms with van der Waals surface area (Å²) < 4.78 is 24.0. The third kappa shape index (κ3) is 2.85. The zero-order valence-electron chi connectivity index (χ0n) is 7.77. The van der Waals surface area contributed by atoms with Crippen molar-refractivity contribution in [3.8, 4) is 0 Å². The minimum absolute atomic E-state index is 0.128. The first-order valence-corrected chi connectivity index (χ1v) is 4.38. The van der Waals surface area contributed by atoms with Crippen LogP contribution in [0.1, 0.15) is 0 Å². The van der Waals surface area contributed by atoms with E-state index < -0.39 is 36.7 Å². The Kier molecular flexibility index (Phi) is 3.57. The molecule has 86 valence electrons. The molecular formula is C8H11F2NO4. The smallest absolute Gasteiger partial charge is 0.308 e. The summed E-state index contributed by atoms with van der Waals surface area (Å²) >= 11 is 0. The highest BCUT2D eigenvalue weighted by Crippen LogP contribution is 2.24. The fourth-order valence-electron chi connectivity index (χ4n) is 1.73. The molecule has 0 aromatic rings. The SMILES string of the molecule is O=C(O)C1CN(CC(F)F)CC1C(=O)O. The maximum Gasteiger partial charge on any atom is 0.308 e. The first-order valence-electron chi connectivity index (χ1n) is 4.38. The van der Waals surface area contributed by atoms with Crippen LogP contribution in [-0.2, 0) is 9.59 Å². The van der Waals surface area contributed by atoms with Gasteiger partial charge in [0.25, 0.3) is 6.43 Å². The number of rotatable bonds is 4. The number of aliphatic carboxylic acids is 2. The van der Waals surface area contributed by atoms with E-state index >= 15 is 0 Å². The highest BCUT2D eigenvalue weighted by atomic mass is 19.3. The average molecular weight is 223 g/mol. The Labute approximate surface area is 84.3 Å². The second-order valence-corrected chi connectivity index (χ2v) is 3.50. The summed E-state index contributed by atoms with van der Waals surface area (Å²) in [5.74, 6) is -4.69. The minimum atomic E-state index is -2.58. The van der Waals surface area contributed by atoms with Crippen LogP contribution in [0.2, 0.25) is 0 Å². The molecule has 0 radical (unpaired) electrons.